The number of nitrogens with zero attached hydrogens (tertiary/aromatic N) is 1. The van der Waals surface area contributed by atoms with Crippen LogP contribution in [-0.2, 0) is 16.6 Å². The average Bonchev–Trinajstić information content (AvgIpc) is 2.75. The number of rotatable bonds is 8. The molecule has 6 nitrogen and oxygen atoms in total. The molecule has 20 heavy (non-hydrogen) atoms. The lowest BCUT2D eigenvalue weighted by molar-refractivity contribution is 0.242. The number of hydrogen-bond acceptors (Lipinski definition) is 5. The van der Waals surface area contributed by atoms with Gasteiger partial charge < -0.3 is 14.6 Å². The first-order valence-corrected chi connectivity index (χ1v) is 8.02. The van der Waals surface area contributed by atoms with E-state index < -0.39 is 10.0 Å². The molecule has 0 unspecified atom stereocenters. The fraction of sp³-hybridized carbons (Fsp3) is 0.692. The maximum atomic E-state index is 12.1. The van der Waals surface area contributed by atoms with Crippen molar-refractivity contribution >= 4 is 10.0 Å². The summed E-state index contributed by atoms with van der Waals surface area (Å²) < 4.78 is 32.2. The SMILES string of the molecule is CNCc1ccc(S(=O)(=O)NCC(C)(C)CN(C)C)o1. The molecule has 116 valence electrons. The normalized spacial score (nSPS) is 13.1. The summed E-state index contributed by atoms with van der Waals surface area (Å²) in [5.74, 6) is 0.598. The lowest BCUT2D eigenvalue weighted by Crippen LogP contribution is -2.39. The lowest BCUT2D eigenvalue weighted by atomic mass is 9.93. The van der Waals surface area contributed by atoms with Crippen LogP contribution in [0.1, 0.15) is 19.6 Å². The van der Waals surface area contributed by atoms with Crippen LogP contribution in [0.2, 0.25) is 0 Å². The summed E-state index contributed by atoms with van der Waals surface area (Å²) >= 11 is 0. The van der Waals surface area contributed by atoms with Crippen molar-refractivity contribution in [3.05, 3.63) is 17.9 Å². The van der Waals surface area contributed by atoms with Crippen LogP contribution in [-0.4, -0.2) is 47.6 Å². The van der Waals surface area contributed by atoms with E-state index >= 15 is 0 Å². The number of sulfonamides is 1. The molecule has 2 N–H and O–H groups in total. The van der Waals surface area contributed by atoms with Gasteiger partial charge in [-0.15, -0.1) is 0 Å². The van der Waals surface area contributed by atoms with Gasteiger partial charge in [0.15, 0.2) is 0 Å². The Morgan fingerprint density at radius 2 is 1.95 bits per heavy atom. The maximum absolute atomic E-state index is 12.1. The molecule has 0 saturated carbocycles. The summed E-state index contributed by atoms with van der Waals surface area (Å²) in [5, 5.41) is 2.87. The first-order chi connectivity index (χ1) is 9.16. The maximum Gasteiger partial charge on any atom is 0.273 e. The second kappa shape index (κ2) is 6.71. The molecular formula is C13H25N3O3S. The quantitative estimate of drug-likeness (QED) is 0.745. The van der Waals surface area contributed by atoms with Gasteiger partial charge in [0, 0.05) is 13.1 Å². The van der Waals surface area contributed by atoms with E-state index in [0.29, 0.717) is 18.8 Å². The summed E-state index contributed by atoms with van der Waals surface area (Å²) in [6.07, 6.45) is 0. The number of furan rings is 1. The molecule has 0 aliphatic carbocycles. The number of nitrogens with one attached hydrogen (secondary N) is 2. The Bertz CT molecular complexity index is 521. The Morgan fingerprint density at radius 1 is 1.30 bits per heavy atom. The van der Waals surface area contributed by atoms with E-state index in [4.69, 9.17) is 4.42 Å². The van der Waals surface area contributed by atoms with Gasteiger partial charge in [0.05, 0.1) is 6.54 Å². The van der Waals surface area contributed by atoms with E-state index in [0.717, 1.165) is 6.54 Å². The van der Waals surface area contributed by atoms with Crippen LogP contribution in [0.15, 0.2) is 21.6 Å². The van der Waals surface area contributed by atoms with E-state index in [-0.39, 0.29) is 10.5 Å². The molecule has 0 aromatic carbocycles. The molecule has 0 radical (unpaired) electrons. The third-order valence-electron chi connectivity index (χ3n) is 2.74. The topological polar surface area (TPSA) is 74.6 Å². The zero-order valence-electron chi connectivity index (χ0n) is 12.9. The van der Waals surface area contributed by atoms with Crippen molar-refractivity contribution in [2.24, 2.45) is 5.41 Å². The van der Waals surface area contributed by atoms with E-state index in [1.165, 1.54) is 6.07 Å². The number of hydrogen-bond donors (Lipinski definition) is 2. The van der Waals surface area contributed by atoms with Crippen molar-refractivity contribution in [1.29, 1.82) is 0 Å². The van der Waals surface area contributed by atoms with E-state index in [9.17, 15) is 8.42 Å². The smallest absolute Gasteiger partial charge is 0.273 e. The highest BCUT2D eigenvalue weighted by Gasteiger charge is 2.24. The Hall–Kier alpha value is -0.890. The molecule has 1 rings (SSSR count). The van der Waals surface area contributed by atoms with Crippen LogP contribution in [0, 0.1) is 5.41 Å². The molecular weight excluding hydrogens is 278 g/mol. The molecule has 1 heterocycles. The largest absolute Gasteiger partial charge is 0.447 e. The van der Waals surface area contributed by atoms with Gasteiger partial charge in [0.1, 0.15) is 5.76 Å². The predicted molar refractivity (Wildman–Crippen MR) is 79.0 cm³/mol. The average molecular weight is 303 g/mol. The third kappa shape index (κ3) is 5.24. The van der Waals surface area contributed by atoms with Gasteiger partial charge >= 0.3 is 0 Å². The van der Waals surface area contributed by atoms with Crippen molar-refractivity contribution in [3.63, 3.8) is 0 Å². The molecule has 0 spiro atoms. The highest BCUT2D eigenvalue weighted by Crippen LogP contribution is 2.18. The van der Waals surface area contributed by atoms with Crippen molar-refractivity contribution in [3.8, 4) is 0 Å². The monoisotopic (exact) mass is 303 g/mol. The Labute approximate surface area is 121 Å². The van der Waals surface area contributed by atoms with Crippen molar-refractivity contribution < 1.29 is 12.8 Å². The minimum atomic E-state index is -3.59. The minimum Gasteiger partial charge on any atom is -0.447 e. The summed E-state index contributed by atoms with van der Waals surface area (Å²) in [7, 11) is 2.12. The van der Waals surface area contributed by atoms with Gasteiger partial charge in [-0.3, -0.25) is 0 Å². The molecule has 1 aromatic rings. The zero-order valence-corrected chi connectivity index (χ0v) is 13.7. The van der Waals surface area contributed by atoms with Crippen LogP contribution in [0.25, 0.3) is 0 Å². The Morgan fingerprint density at radius 3 is 2.50 bits per heavy atom. The molecule has 0 atom stereocenters. The van der Waals surface area contributed by atoms with Crippen molar-refractivity contribution in [2.75, 3.05) is 34.2 Å². The Balaban J connectivity index is 2.69. The standard InChI is InChI=1S/C13H25N3O3S/c1-13(2,10-16(4)5)9-15-20(17,18)12-7-6-11(19-12)8-14-3/h6-7,14-15H,8-10H2,1-5H3. The van der Waals surface area contributed by atoms with Crippen LogP contribution in [0.5, 0.6) is 0 Å². The van der Waals surface area contributed by atoms with Crippen molar-refractivity contribution in [1.82, 2.24) is 14.9 Å². The first kappa shape index (κ1) is 17.2. The summed E-state index contributed by atoms with van der Waals surface area (Å²) in [5.41, 5.74) is -0.156. The second-order valence-electron chi connectivity index (χ2n) is 5.98. The van der Waals surface area contributed by atoms with Crippen LogP contribution in [0.4, 0.5) is 0 Å². The van der Waals surface area contributed by atoms with E-state index in [1.807, 2.05) is 32.8 Å². The molecule has 0 aliphatic rings. The fourth-order valence-electron chi connectivity index (χ4n) is 2.05. The predicted octanol–water partition coefficient (Wildman–Crippen LogP) is 0.865. The highest BCUT2D eigenvalue weighted by atomic mass is 32.2. The minimum absolute atomic E-state index is 0.0385. The summed E-state index contributed by atoms with van der Waals surface area (Å²) in [6.45, 7) is 5.68. The van der Waals surface area contributed by atoms with Crippen LogP contribution < -0.4 is 10.0 Å². The third-order valence-corrected chi connectivity index (χ3v) is 4.01. The summed E-state index contributed by atoms with van der Waals surface area (Å²) in [4.78, 5) is 2.03. The molecule has 1 aromatic heterocycles. The first-order valence-electron chi connectivity index (χ1n) is 6.54. The van der Waals surface area contributed by atoms with Gasteiger partial charge in [-0.2, -0.15) is 0 Å². The van der Waals surface area contributed by atoms with E-state index in [1.54, 1.807) is 13.1 Å². The van der Waals surface area contributed by atoms with Crippen LogP contribution >= 0.6 is 0 Å². The zero-order chi connectivity index (χ0) is 15.4. The van der Waals surface area contributed by atoms with Gasteiger partial charge in [-0.05, 0) is 38.7 Å². The molecule has 0 amide bonds. The van der Waals surface area contributed by atoms with Gasteiger partial charge in [-0.25, -0.2) is 13.1 Å². The van der Waals surface area contributed by atoms with E-state index in [2.05, 4.69) is 10.0 Å². The molecule has 7 heteroatoms. The van der Waals surface area contributed by atoms with Gasteiger partial charge in [0.25, 0.3) is 10.0 Å². The molecule has 0 bridgehead atoms. The van der Waals surface area contributed by atoms with Crippen LogP contribution in [0.3, 0.4) is 0 Å². The Kier molecular flexibility index (Phi) is 5.76. The molecule has 0 saturated heterocycles. The summed E-state index contributed by atoms with van der Waals surface area (Å²) in [6, 6.07) is 3.14. The van der Waals surface area contributed by atoms with Gasteiger partial charge in [-0.1, -0.05) is 13.8 Å². The second-order valence-corrected chi connectivity index (χ2v) is 7.68. The van der Waals surface area contributed by atoms with Crippen molar-refractivity contribution in [2.45, 2.75) is 25.5 Å². The highest BCUT2D eigenvalue weighted by molar-refractivity contribution is 7.89. The molecule has 0 fully saturated rings. The fourth-order valence-corrected chi connectivity index (χ4v) is 3.23. The lowest BCUT2D eigenvalue weighted by Gasteiger charge is -2.28. The van der Waals surface area contributed by atoms with Gasteiger partial charge in [0.2, 0.25) is 5.09 Å². The molecule has 0 aliphatic heterocycles.